The van der Waals surface area contributed by atoms with E-state index < -0.39 is 35.2 Å². The number of benzene rings is 2. The van der Waals surface area contributed by atoms with E-state index in [4.69, 9.17) is 0 Å². The van der Waals surface area contributed by atoms with Crippen LogP contribution in [-0.4, -0.2) is 40.1 Å². The quantitative estimate of drug-likeness (QED) is 0.521. The third kappa shape index (κ3) is 5.13. The standard InChI is InChI=1S/C23H19F4N3O4S/c24-16-4-2-1-3-15(16)17-18(19(31)32)35-20(29-17)22(34)9-11-30(12-10-22)21(33)28-14-7-5-13(6-8-14)23(25,26)27/h1-8,34H,9-12H2,(H,28,33)(H,31,32)/p-1. The number of piperidine rings is 1. The van der Waals surface area contributed by atoms with E-state index in [0.717, 1.165) is 30.3 Å². The minimum Gasteiger partial charge on any atom is -0.544 e. The molecule has 4 rings (SSSR count). The van der Waals surface area contributed by atoms with E-state index in [1.807, 2.05) is 0 Å². The van der Waals surface area contributed by atoms with Crippen LogP contribution in [0.25, 0.3) is 11.3 Å². The zero-order chi connectivity index (χ0) is 25.4. The molecule has 2 N–H and O–H groups in total. The minimum atomic E-state index is -4.49. The number of carbonyl (C=O) groups excluding carboxylic acids is 2. The summed E-state index contributed by atoms with van der Waals surface area (Å²) in [5.74, 6) is -2.22. The van der Waals surface area contributed by atoms with Crippen molar-refractivity contribution < 1.29 is 37.4 Å². The Bertz CT molecular complexity index is 1250. The van der Waals surface area contributed by atoms with Crippen LogP contribution in [0.4, 0.5) is 28.0 Å². The molecule has 0 atom stereocenters. The summed E-state index contributed by atoms with van der Waals surface area (Å²) in [5, 5.41) is 25.4. The number of thiazole rings is 1. The van der Waals surface area contributed by atoms with Crippen LogP contribution in [0.3, 0.4) is 0 Å². The fraction of sp³-hybridized carbons (Fsp3) is 0.261. The van der Waals surface area contributed by atoms with Crippen molar-refractivity contribution in [2.24, 2.45) is 0 Å². The average molecular weight is 508 g/mol. The molecule has 2 heterocycles. The highest BCUT2D eigenvalue weighted by Crippen LogP contribution is 2.39. The molecule has 1 aliphatic rings. The maximum atomic E-state index is 14.2. The van der Waals surface area contributed by atoms with Gasteiger partial charge in [-0.3, -0.25) is 0 Å². The molecule has 0 saturated carbocycles. The number of rotatable bonds is 4. The Morgan fingerprint density at radius 2 is 1.71 bits per heavy atom. The van der Waals surface area contributed by atoms with Gasteiger partial charge in [0.25, 0.3) is 0 Å². The van der Waals surface area contributed by atoms with E-state index in [0.29, 0.717) is 11.3 Å². The third-order valence-corrected chi connectivity index (χ3v) is 6.91. The molecule has 35 heavy (non-hydrogen) atoms. The lowest BCUT2D eigenvalue weighted by Gasteiger charge is -2.36. The van der Waals surface area contributed by atoms with Crippen molar-refractivity contribution in [1.82, 2.24) is 9.88 Å². The number of aliphatic hydroxyl groups is 1. The highest BCUT2D eigenvalue weighted by Gasteiger charge is 2.39. The van der Waals surface area contributed by atoms with E-state index in [2.05, 4.69) is 10.3 Å². The summed E-state index contributed by atoms with van der Waals surface area (Å²) in [7, 11) is 0. The number of carboxylic acid groups (broad SMARTS) is 1. The van der Waals surface area contributed by atoms with Gasteiger partial charge in [0.15, 0.2) is 0 Å². The zero-order valence-electron chi connectivity index (χ0n) is 17.9. The maximum absolute atomic E-state index is 14.2. The number of likely N-dealkylation sites (tertiary alicyclic amines) is 1. The van der Waals surface area contributed by atoms with Crippen LogP contribution in [0.15, 0.2) is 48.5 Å². The second-order valence-electron chi connectivity index (χ2n) is 7.99. The van der Waals surface area contributed by atoms with Crippen LogP contribution in [0.2, 0.25) is 0 Å². The molecule has 1 saturated heterocycles. The summed E-state index contributed by atoms with van der Waals surface area (Å²) in [6, 6.07) is 8.94. The number of anilines is 1. The Morgan fingerprint density at radius 3 is 2.29 bits per heavy atom. The largest absolute Gasteiger partial charge is 0.544 e. The van der Waals surface area contributed by atoms with Crippen molar-refractivity contribution in [2.45, 2.75) is 24.6 Å². The summed E-state index contributed by atoms with van der Waals surface area (Å²) >= 11 is 0.691. The molecule has 12 heteroatoms. The number of hydrogen-bond donors (Lipinski definition) is 2. The molecule has 184 valence electrons. The van der Waals surface area contributed by atoms with Gasteiger partial charge in [0.1, 0.15) is 16.4 Å². The number of aromatic nitrogens is 1. The highest BCUT2D eigenvalue weighted by atomic mass is 32.1. The van der Waals surface area contributed by atoms with Gasteiger partial charge >= 0.3 is 12.2 Å². The van der Waals surface area contributed by atoms with Gasteiger partial charge < -0.3 is 25.2 Å². The van der Waals surface area contributed by atoms with E-state index >= 15 is 0 Å². The molecule has 2 aromatic carbocycles. The topological polar surface area (TPSA) is 106 Å². The second-order valence-corrected chi connectivity index (χ2v) is 8.99. The van der Waals surface area contributed by atoms with Gasteiger partial charge in [0.2, 0.25) is 0 Å². The van der Waals surface area contributed by atoms with Crippen LogP contribution >= 0.6 is 11.3 Å². The Kier molecular flexibility index (Phi) is 6.52. The van der Waals surface area contributed by atoms with Crippen LogP contribution in [-0.2, 0) is 11.8 Å². The van der Waals surface area contributed by atoms with Gasteiger partial charge in [-0.15, -0.1) is 11.3 Å². The summed E-state index contributed by atoms with van der Waals surface area (Å²) < 4.78 is 52.3. The predicted octanol–water partition coefficient (Wildman–Crippen LogP) is 3.85. The Balaban J connectivity index is 1.47. The molecule has 0 radical (unpaired) electrons. The second kappa shape index (κ2) is 9.27. The molecule has 7 nitrogen and oxygen atoms in total. The number of carbonyl (C=O) groups is 2. The molecule has 0 unspecified atom stereocenters. The first kappa shape index (κ1) is 24.6. The lowest BCUT2D eigenvalue weighted by molar-refractivity contribution is -0.254. The molecular weight excluding hydrogens is 490 g/mol. The SMILES string of the molecule is O=C([O-])c1sc(C2(O)CCN(C(=O)Nc3ccc(C(F)(F)F)cc3)CC2)nc1-c1ccccc1F. The van der Waals surface area contributed by atoms with Gasteiger partial charge in [0.05, 0.1) is 22.1 Å². The van der Waals surface area contributed by atoms with E-state index in [-0.39, 0.29) is 52.8 Å². The predicted molar refractivity (Wildman–Crippen MR) is 117 cm³/mol. The summed E-state index contributed by atoms with van der Waals surface area (Å²) in [5.41, 5.74) is -2.39. The van der Waals surface area contributed by atoms with Gasteiger partial charge in [0, 0.05) is 37.2 Å². The van der Waals surface area contributed by atoms with Crippen LogP contribution in [0.1, 0.15) is 33.1 Å². The summed E-state index contributed by atoms with van der Waals surface area (Å²) in [6.07, 6.45) is -4.45. The molecule has 0 bridgehead atoms. The first-order valence-electron chi connectivity index (χ1n) is 10.4. The fourth-order valence-corrected chi connectivity index (χ4v) is 4.79. The zero-order valence-corrected chi connectivity index (χ0v) is 18.8. The number of nitrogens with zero attached hydrogens (tertiary/aromatic N) is 2. The van der Waals surface area contributed by atoms with Crippen molar-refractivity contribution in [3.8, 4) is 11.3 Å². The number of nitrogens with one attached hydrogen (secondary N) is 1. The molecule has 1 aromatic heterocycles. The molecule has 0 aliphatic carbocycles. The molecule has 2 amide bonds. The molecule has 1 aliphatic heterocycles. The van der Waals surface area contributed by atoms with Gasteiger partial charge in [-0.2, -0.15) is 13.2 Å². The fourth-order valence-electron chi connectivity index (χ4n) is 3.73. The summed E-state index contributed by atoms with van der Waals surface area (Å²) in [6.45, 7) is 0.135. The van der Waals surface area contributed by atoms with Gasteiger partial charge in [-0.25, -0.2) is 14.2 Å². The highest BCUT2D eigenvalue weighted by molar-refractivity contribution is 7.14. The Hall–Kier alpha value is -3.51. The molecule has 3 aromatic rings. The number of urea groups is 1. The summed E-state index contributed by atoms with van der Waals surface area (Å²) in [4.78, 5) is 29.4. The Morgan fingerprint density at radius 1 is 1.09 bits per heavy atom. The average Bonchev–Trinajstić information content (AvgIpc) is 3.26. The third-order valence-electron chi connectivity index (χ3n) is 5.68. The maximum Gasteiger partial charge on any atom is 0.416 e. The molecule has 1 fully saturated rings. The van der Waals surface area contributed by atoms with E-state index in [1.54, 1.807) is 0 Å². The molecule has 0 spiro atoms. The minimum absolute atomic E-state index is 0.0180. The lowest BCUT2D eigenvalue weighted by Crippen LogP contribution is -2.46. The first-order chi connectivity index (χ1) is 16.5. The van der Waals surface area contributed by atoms with Crippen LogP contribution in [0.5, 0.6) is 0 Å². The first-order valence-corrected chi connectivity index (χ1v) is 11.2. The number of aromatic carboxylic acids is 1. The van der Waals surface area contributed by atoms with Crippen molar-refractivity contribution in [1.29, 1.82) is 0 Å². The van der Waals surface area contributed by atoms with Crippen LogP contribution in [0, 0.1) is 5.82 Å². The van der Waals surface area contributed by atoms with Crippen molar-refractivity contribution in [3.05, 3.63) is 69.8 Å². The number of hydrogen-bond acceptors (Lipinski definition) is 6. The molecular formula is C23H18F4N3O4S-. The van der Waals surface area contributed by atoms with Crippen molar-refractivity contribution in [3.63, 3.8) is 0 Å². The number of amides is 2. The van der Waals surface area contributed by atoms with Crippen LogP contribution < -0.4 is 10.4 Å². The Labute approximate surface area is 200 Å². The number of carboxylic acids is 1. The van der Waals surface area contributed by atoms with E-state index in [1.165, 1.54) is 23.1 Å². The number of halogens is 4. The van der Waals surface area contributed by atoms with Gasteiger partial charge in [-0.1, -0.05) is 12.1 Å². The van der Waals surface area contributed by atoms with Crippen molar-refractivity contribution >= 4 is 29.0 Å². The van der Waals surface area contributed by atoms with Gasteiger partial charge in [-0.05, 0) is 36.4 Å². The smallest absolute Gasteiger partial charge is 0.416 e. The monoisotopic (exact) mass is 508 g/mol. The number of alkyl halides is 3. The lowest BCUT2D eigenvalue weighted by atomic mass is 9.92. The normalized spacial score (nSPS) is 15.6. The van der Waals surface area contributed by atoms with Crippen molar-refractivity contribution in [2.75, 3.05) is 18.4 Å². The van der Waals surface area contributed by atoms with E-state index in [9.17, 15) is 37.4 Å².